The molecule has 0 aliphatic carbocycles. The molecule has 0 atom stereocenters. The molecule has 0 fully saturated rings. The van der Waals surface area contributed by atoms with Crippen molar-refractivity contribution < 1.29 is 13.3 Å². The van der Waals surface area contributed by atoms with Gasteiger partial charge in [0, 0.05) is 11.4 Å². The van der Waals surface area contributed by atoms with Crippen LogP contribution in [0.1, 0.15) is 17.5 Å². The van der Waals surface area contributed by atoms with Crippen molar-refractivity contribution in [3.05, 3.63) is 64.7 Å². The van der Waals surface area contributed by atoms with Gasteiger partial charge in [-0.25, -0.2) is 8.42 Å². The number of sulfone groups is 1. The Bertz CT molecular complexity index is 782. The van der Waals surface area contributed by atoms with Gasteiger partial charge >= 0.3 is 0 Å². The molecule has 0 aromatic heterocycles. The Morgan fingerprint density at radius 1 is 1.09 bits per heavy atom. The predicted octanol–water partition coefficient (Wildman–Crippen LogP) is 3.86. The molecule has 0 heterocycles. The highest BCUT2D eigenvalue weighted by Gasteiger charge is 2.16. The largest absolute Gasteiger partial charge is 0.399 e. The average molecular weight is 352 g/mol. The Balaban J connectivity index is 2.17. The number of hydrogen-bond donors (Lipinski definition) is 0. The summed E-state index contributed by atoms with van der Waals surface area (Å²) in [5.41, 5.74) is 2.38. The number of oxime groups is 1. The molecular weight excluding hydrogens is 334 g/mol. The third-order valence-electron chi connectivity index (χ3n) is 3.37. The van der Waals surface area contributed by atoms with Crippen LogP contribution in [-0.2, 0) is 14.7 Å². The summed E-state index contributed by atoms with van der Waals surface area (Å²) >= 11 is 5.87. The van der Waals surface area contributed by atoms with Crippen LogP contribution in [0, 0.1) is 6.92 Å². The second-order valence-corrected chi connectivity index (χ2v) is 7.65. The van der Waals surface area contributed by atoms with E-state index in [0.29, 0.717) is 15.6 Å². The van der Waals surface area contributed by atoms with E-state index < -0.39 is 9.84 Å². The molecule has 4 nitrogen and oxygen atoms in total. The summed E-state index contributed by atoms with van der Waals surface area (Å²) in [5.74, 6) is -0.0408. The van der Waals surface area contributed by atoms with Crippen molar-refractivity contribution in [3.8, 4) is 0 Å². The minimum Gasteiger partial charge on any atom is -0.399 e. The first-order valence-corrected chi connectivity index (χ1v) is 9.11. The number of halogens is 1. The zero-order chi connectivity index (χ0) is 16.9. The fourth-order valence-corrected chi connectivity index (χ4v) is 3.46. The Kier molecular flexibility index (Phi) is 5.80. The van der Waals surface area contributed by atoms with Gasteiger partial charge in [-0.3, -0.25) is 0 Å². The number of benzene rings is 2. The summed E-state index contributed by atoms with van der Waals surface area (Å²) in [7, 11) is -1.93. The molecule has 2 rings (SSSR count). The van der Waals surface area contributed by atoms with Gasteiger partial charge in [0.05, 0.1) is 16.4 Å². The maximum atomic E-state index is 12.4. The Morgan fingerprint density at radius 3 is 2.26 bits per heavy atom. The Hall–Kier alpha value is -1.85. The van der Waals surface area contributed by atoms with Crippen molar-refractivity contribution in [1.82, 2.24) is 0 Å². The minimum absolute atomic E-state index is 0.0408. The molecule has 2 aromatic carbocycles. The van der Waals surface area contributed by atoms with E-state index in [0.717, 1.165) is 11.1 Å². The fourth-order valence-electron chi connectivity index (χ4n) is 2.09. The van der Waals surface area contributed by atoms with E-state index in [1.54, 1.807) is 48.5 Å². The van der Waals surface area contributed by atoms with Gasteiger partial charge in [-0.1, -0.05) is 46.6 Å². The molecule has 0 spiro atoms. The molecule has 0 saturated carbocycles. The second kappa shape index (κ2) is 7.62. The number of rotatable bonds is 6. The molecular formula is C17H18ClNO3S. The van der Waals surface area contributed by atoms with Gasteiger partial charge in [-0.15, -0.1) is 0 Å². The van der Waals surface area contributed by atoms with Crippen LogP contribution in [0.5, 0.6) is 0 Å². The third kappa shape index (κ3) is 4.81. The van der Waals surface area contributed by atoms with Crippen molar-refractivity contribution in [2.75, 3.05) is 12.9 Å². The summed E-state index contributed by atoms with van der Waals surface area (Å²) in [5, 5.41) is 4.55. The van der Waals surface area contributed by atoms with Gasteiger partial charge < -0.3 is 4.84 Å². The van der Waals surface area contributed by atoms with Crippen molar-refractivity contribution in [2.45, 2.75) is 18.2 Å². The number of hydrogen-bond acceptors (Lipinski definition) is 4. The molecule has 2 aromatic rings. The summed E-state index contributed by atoms with van der Waals surface area (Å²) in [6, 6.07) is 13.9. The first-order valence-electron chi connectivity index (χ1n) is 7.08. The van der Waals surface area contributed by atoms with Crippen molar-refractivity contribution in [2.24, 2.45) is 5.16 Å². The lowest BCUT2D eigenvalue weighted by Gasteiger charge is -2.08. The highest BCUT2D eigenvalue weighted by atomic mass is 35.5. The van der Waals surface area contributed by atoms with Crippen LogP contribution in [0.15, 0.2) is 58.6 Å². The summed E-state index contributed by atoms with van der Waals surface area (Å²) in [6.45, 7) is 1.92. The summed E-state index contributed by atoms with van der Waals surface area (Å²) in [6.07, 6.45) is 0.256. The monoisotopic (exact) mass is 351 g/mol. The van der Waals surface area contributed by atoms with E-state index in [1.807, 2.05) is 6.92 Å². The lowest BCUT2D eigenvalue weighted by atomic mass is 10.1. The topological polar surface area (TPSA) is 55.7 Å². The van der Waals surface area contributed by atoms with Gasteiger partial charge in [-0.05, 0) is 36.8 Å². The molecule has 0 aliphatic heterocycles. The van der Waals surface area contributed by atoms with Crippen LogP contribution in [0.25, 0.3) is 0 Å². The van der Waals surface area contributed by atoms with E-state index >= 15 is 0 Å². The molecule has 0 amide bonds. The predicted molar refractivity (Wildman–Crippen MR) is 92.8 cm³/mol. The zero-order valence-electron chi connectivity index (χ0n) is 13.0. The van der Waals surface area contributed by atoms with E-state index in [-0.39, 0.29) is 12.2 Å². The first-order chi connectivity index (χ1) is 10.9. The van der Waals surface area contributed by atoms with E-state index in [4.69, 9.17) is 16.4 Å². The van der Waals surface area contributed by atoms with Crippen LogP contribution in [0.3, 0.4) is 0 Å². The van der Waals surface area contributed by atoms with Crippen LogP contribution in [0.2, 0.25) is 5.02 Å². The fraction of sp³-hybridized carbons (Fsp3) is 0.235. The zero-order valence-corrected chi connectivity index (χ0v) is 14.6. The standard InChI is InChI=1S/C17H18ClNO3S/c1-13-3-9-16(10-4-13)23(20,21)12-11-17(19-22-2)14-5-7-15(18)8-6-14/h3-10H,11-12H2,1-2H3. The Morgan fingerprint density at radius 2 is 1.70 bits per heavy atom. The molecule has 122 valence electrons. The molecule has 0 aliphatic rings. The Labute approximate surface area is 141 Å². The summed E-state index contributed by atoms with van der Waals surface area (Å²) < 4.78 is 24.8. The van der Waals surface area contributed by atoms with Gasteiger partial charge in [0.1, 0.15) is 7.11 Å². The van der Waals surface area contributed by atoms with Crippen LogP contribution in [0.4, 0.5) is 0 Å². The van der Waals surface area contributed by atoms with Crippen molar-refractivity contribution in [3.63, 3.8) is 0 Å². The van der Waals surface area contributed by atoms with Crippen LogP contribution in [-0.4, -0.2) is 27.0 Å². The van der Waals surface area contributed by atoms with E-state index in [1.165, 1.54) is 7.11 Å². The summed E-state index contributed by atoms with van der Waals surface area (Å²) in [4.78, 5) is 5.15. The van der Waals surface area contributed by atoms with Gasteiger partial charge in [0.15, 0.2) is 9.84 Å². The van der Waals surface area contributed by atoms with Crippen molar-refractivity contribution >= 4 is 27.1 Å². The van der Waals surface area contributed by atoms with E-state index in [2.05, 4.69) is 5.16 Å². The molecule has 23 heavy (non-hydrogen) atoms. The highest BCUT2D eigenvalue weighted by Crippen LogP contribution is 2.16. The molecule has 6 heteroatoms. The molecule has 0 bridgehead atoms. The number of aryl methyl sites for hydroxylation is 1. The first kappa shape index (κ1) is 17.5. The average Bonchev–Trinajstić information content (AvgIpc) is 2.53. The molecule has 0 N–H and O–H groups in total. The maximum Gasteiger partial charge on any atom is 0.178 e. The van der Waals surface area contributed by atoms with Crippen LogP contribution < -0.4 is 0 Å². The molecule has 0 radical (unpaired) electrons. The SMILES string of the molecule is CON=C(CCS(=O)(=O)c1ccc(C)cc1)c1ccc(Cl)cc1. The normalized spacial score (nSPS) is 12.2. The number of nitrogens with zero attached hydrogens (tertiary/aromatic N) is 1. The van der Waals surface area contributed by atoms with Gasteiger partial charge in [0.25, 0.3) is 0 Å². The third-order valence-corrected chi connectivity index (χ3v) is 5.35. The smallest absolute Gasteiger partial charge is 0.178 e. The van der Waals surface area contributed by atoms with Crippen molar-refractivity contribution in [1.29, 1.82) is 0 Å². The molecule has 0 unspecified atom stereocenters. The van der Waals surface area contributed by atoms with Gasteiger partial charge in [-0.2, -0.15) is 0 Å². The highest BCUT2D eigenvalue weighted by molar-refractivity contribution is 7.91. The lowest BCUT2D eigenvalue weighted by molar-refractivity contribution is 0.213. The van der Waals surface area contributed by atoms with Gasteiger partial charge in [0.2, 0.25) is 0 Å². The van der Waals surface area contributed by atoms with E-state index in [9.17, 15) is 8.42 Å². The quantitative estimate of drug-likeness (QED) is 0.586. The maximum absolute atomic E-state index is 12.4. The minimum atomic E-state index is -3.37. The lowest BCUT2D eigenvalue weighted by Crippen LogP contribution is -2.13. The molecule has 0 saturated heterocycles. The second-order valence-electron chi connectivity index (χ2n) is 5.11. The van der Waals surface area contributed by atoms with Crippen LogP contribution >= 0.6 is 11.6 Å².